The summed E-state index contributed by atoms with van der Waals surface area (Å²) in [5, 5.41) is 18.1. The molecule has 0 bridgehead atoms. The number of aliphatic carboxylic acids is 1. The summed E-state index contributed by atoms with van der Waals surface area (Å²) in [6, 6.07) is 0. The van der Waals surface area contributed by atoms with Gasteiger partial charge in [-0.2, -0.15) is 0 Å². The first-order valence-electron chi connectivity index (χ1n) is 9.12. The molecule has 24 heavy (non-hydrogen) atoms. The number of hydrogen-bond donors (Lipinski definition) is 2. The van der Waals surface area contributed by atoms with E-state index in [0.29, 0.717) is 6.61 Å². The van der Waals surface area contributed by atoms with Crippen molar-refractivity contribution in [1.82, 2.24) is 0 Å². The standard InChI is InChI=1S/C20H34O4/c1-2-3-12-15-19(21)16-13-10-8-6-4-5-7-9-11-14-17-24-18-20(22)23/h4-5,8,10,13,16,19,21H,2-3,6-7,9,11-12,14-15,17-18H2,1H3,(H,22,23)/b5-4+,10-8+,16-13+. The van der Waals surface area contributed by atoms with Crippen LogP contribution in [0.5, 0.6) is 0 Å². The van der Waals surface area contributed by atoms with E-state index in [4.69, 9.17) is 9.84 Å². The van der Waals surface area contributed by atoms with Crippen molar-refractivity contribution in [3.8, 4) is 0 Å². The highest BCUT2D eigenvalue weighted by Crippen LogP contribution is 2.04. The Morgan fingerprint density at radius 2 is 1.88 bits per heavy atom. The van der Waals surface area contributed by atoms with E-state index in [9.17, 15) is 9.90 Å². The second kappa shape index (κ2) is 18.0. The number of aliphatic hydroxyl groups excluding tert-OH is 1. The van der Waals surface area contributed by atoms with Crippen LogP contribution in [0.3, 0.4) is 0 Å². The molecule has 0 heterocycles. The van der Waals surface area contributed by atoms with Crippen LogP contribution in [0.15, 0.2) is 36.5 Å². The van der Waals surface area contributed by atoms with E-state index in [1.165, 1.54) is 12.8 Å². The molecule has 138 valence electrons. The molecule has 0 aliphatic heterocycles. The molecular formula is C20H34O4. The fraction of sp³-hybridized carbons (Fsp3) is 0.650. The SMILES string of the molecule is CCCCCC(O)/C=C/C=C/C/C=C/CCCCCOCC(=O)O. The fourth-order valence-corrected chi connectivity index (χ4v) is 2.14. The van der Waals surface area contributed by atoms with Crippen LogP contribution in [0, 0.1) is 0 Å². The van der Waals surface area contributed by atoms with E-state index < -0.39 is 5.97 Å². The molecule has 0 rings (SSSR count). The predicted octanol–water partition coefficient (Wildman–Crippen LogP) is 4.65. The van der Waals surface area contributed by atoms with Gasteiger partial charge in [-0.25, -0.2) is 4.79 Å². The van der Waals surface area contributed by atoms with Gasteiger partial charge in [-0.05, 0) is 32.1 Å². The van der Waals surface area contributed by atoms with Gasteiger partial charge in [0.05, 0.1) is 6.10 Å². The van der Waals surface area contributed by atoms with Gasteiger partial charge in [0.15, 0.2) is 0 Å². The number of hydrogen-bond acceptors (Lipinski definition) is 3. The third-order valence-corrected chi connectivity index (χ3v) is 3.51. The van der Waals surface area contributed by atoms with E-state index in [1.54, 1.807) is 0 Å². The summed E-state index contributed by atoms with van der Waals surface area (Å²) in [5.74, 6) is -0.910. The van der Waals surface area contributed by atoms with E-state index in [-0.39, 0.29) is 12.7 Å². The molecule has 0 saturated heterocycles. The molecule has 0 amide bonds. The van der Waals surface area contributed by atoms with Gasteiger partial charge >= 0.3 is 5.97 Å². The van der Waals surface area contributed by atoms with Crippen LogP contribution in [0.25, 0.3) is 0 Å². The number of carboxylic acid groups (broad SMARTS) is 1. The minimum atomic E-state index is -0.910. The Hall–Kier alpha value is -1.39. The maximum atomic E-state index is 10.2. The highest BCUT2D eigenvalue weighted by atomic mass is 16.5. The molecule has 0 aliphatic rings. The minimum absolute atomic E-state index is 0.198. The summed E-state index contributed by atoms with van der Waals surface area (Å²) in [6.07, 6.45) is 21.1. The molecule has 1 atom stereocenters. The Kier molecular flexibility index (Phi) is 16.9. The van der Waals surface area contributed by atoms with Crippen LogP contribution < -0.4 is 0 Å². The van der Waals surface area contributed by atoms with E-state index in [0.717, 1.165) is 44.9 Å². The summed E-state index contributed by atoms with van der Waals surface area (Å²) in [4.78, 5) is 10.2. The predicted molar refractivity (Wildman–Crippen MR) is 99.1 cm³/mol. The first-order chi connectivity index (χ1) is 11.7. The number of carbonyl (C=O) groups is 1. The van der Waals surface area contributed by atoms with Crippen LogP contribution in [0.2, 0.25) is 0 Å². The number of aliphatic hydroxyl groups is 1. The number of rotatable bonds is 16. The van der Waals surface area contributed by atoms with Gasteiger partial charge in [-0.15, -0.1) is 0 Å². The largest absolute Gasteiger partial charge is 0.480 e. The van der Waals surface area contributed by atoms with Crippen molar-refractivity contribution in [2.45, 2.75) is 70.8 Å². The van der Waals surface area contributed by atoms with Crippen molar-refractivity contribution in [2.75, 3.05) is 13.2 Å². The summed E-state index contributed by atoms with van der Waals surface area (Å²) < 4.78 is 4.97. The number of allylic oxidation sites excluding steroid dienone is 5. The molecule has 0 aliphatic carbocycles. The van der Waals surface area contributed by atoms with Crippen LogP contribution in [0.4, 0.5) is 0 Å². The Morgan fingerprint density at radius 3 is 2.62 bits per heavy atom. The van der Waals surface area contributed by atoms with Gasteiger partial charge in [-0.3, -0.25) is 0 Å². The van der Waals surface area contributed by atoms with Crippen molar-refractivity contribution >= 4 is 5.97 Å². The lowest BCUT2D eigenvalue weighted by Crippen LogP contribution is -2.07. The lowest BCUT2D eigenvalue weighted by molar-refractivity contribution is -0.142. The van der Waals surface area contributed by atoms with Gasteiger partial charge < -0.3 is 14.9 Å². The van der Waals surface area contributed by atoms with Crippen molar-refractivity contribution < 1.29 is 19.7 Å². The first-order valence-corrected chi connectivity index (χ1v) is 9.12. The number of unbranched alkanes of at least 4 members (excludes halogenated alkanes) is 5. The lowest BCUT2D eigenvalue weighted by atomic mass is 10.1. The van der Waals surface area contributed by atoms with Gasteiger partial charge in [0.2, 0.25) is 0 Å². The van der Waals surface area contributed by atoms with E-state index >= 15 is 0 Å². The third-order valence-electron chi connectivity index (χ3n) is 3.51. The second-order valence-corrected chi connectivity index (χ2v) is 5.88. The number of ether oxygens (including phenoxy) is 1. The monoisotopic (exact) mass is 338 g/mol. The van der Waals surface area contributed by atoms with Crippen molar-refractivity contribution in [3.63, 3.8) is 0 Å². The maximum Gasteiger partial charge on any atom is 0.329 e. The van der Waals surface area contributed by atoms with Gasteiger partial charge in [0, 0.05) is 6.61 Å². The molecular weight excluding hydrogens is 304 g/mol. The van der Waals surface area contributed by atoms with Crippen molar-refractivity contribution in [1.29, 1.82) is 0 Å². The molecule has 0 saturated carbocycles. The molecule has 0 aromatic heterocycles. The van der Waals surface area contributed by atoms with Gasteiger partial charge in [-0.1, -0.05) is 69.1 Å². The molecule has 2 N–H and O–H groups in total. The minimum Gasteiger partial charge on any atom is -0.480 e. The summed E-state index contributed by atoms with van der Waals surface area (Å²) in [7, 11) is 0. The van der Waals surface area contributed by atoms with E-state index in [1.807, 2.05) is 18.2 Å². The molecule has 4 nitrogen and oxygen atoms in total. The maximum absolute atomic E-state index is 10.2. The van der Waals surface area contributed by atoms with Gasteiger partial charge in [0.25, 0.3) is 0 Å². The third kappa shape index (κ3) is 18.7. The molecule has 0 spiro atoms. The average Bonchev–Trinajstić information content (AvgIpc) is 2.55. The topological polar surface area (TPSA) is 66.8 Å². The number of carboxylic acids is 1. The van der Waals surface area contributed by atoms with Crippen LogP contribution in [0.1, 0.15) is 64.7 Å². The first kappa shape index (κ1) is 22.6. The second-order valence-electron chi connectivity index (χ2n) is 5.88. The summed E-state index contributed by atoms with van der Waals surface area (Å²) in [5.41, 5.74) is 0. The molecule has 0 radical (unpaired) electrons. The molecule has 0 aromatic rings. The quantitative estimate of drug-likeness (QED) is 0.244. The fourth-order valence-electron chi connectivity index (χ4n) is 2.14. The van der Waals surface area contributed by atoms with Crippen molar-refractivity contribution in [3.05, 3.63) is 36.5 Å². The van der Waals surface area contributed by atoms with E-state index in [2.05, 4.69) is 25.2 Å². The van der Waals surface area contributed by atoms with Crippen LogP contribution in [-0.4, -0.2) is 35.5 Å². The zero-order chi connectivity index (χ0) is 17.9. The Morgan fingerprint density at radius 1 is 1.04 bits per heavy atom. The highest BCUT2D eigenvalue weighted by molar-refractivity contribution is 5.67. The zero-order valence-electron chi connectivity index (χ0n) is 15.0. The Bertz CT molecular complexity index is 372. The zero-order valence-corrected chi connectivity index (χ0v) is 15.0. The Labute approximate surface area is 146 Å². The smallest absolute Gasteiger partial charge is 0.329 e. The molecule has 1 unspecified atom stereocenters. The lowest BCUT2D eigenvalue weighted by Gasteiger charge is -2.02. The van der Waals surface area contributed by atoms with Crippen LogP contribution >= 0.6 is 0 Å². The van der Waals surface area contributed by atoms with Gasteiger partial charge in [0.1, 0.15) is 6.61 Å². The summed E-state index contributed by atoms with van der Waals surface area (Å²) >= 11 is 0. The molecule has 0 aromatic carbocycles. The average molecular weight is 338 g/mol. The van der Waals surface area contributed by atoms with Crippen molar-refractivity contribution in [2.24, 2.45) is 0 Å². The molecule has 4 heteroatoms. The van der Waals surface area contributed by atoms with Crippen LogP contribution in [-0.2, 0) is 9.53 Å². The Balaban J connectivity index is 3.43. The normalized spacial score (nSPS) is 13.4. The highest BCUT2D eigenvalue weighted by Gasteiger charge is 1.96. The summed E-state index contributed by atoms with van der Waals surface area (Å²) in [6.45, 7) is 2.49. The molecule has 0 fully saturated rings.